The minimum absolute atomic E-state index is 0.186. The Morgan fingerprint density at radius 2 is 1.82 bits per heavy atom. The number of carbonyl (C=O) groups excluding carboxylic acids is 2. The average Bonchev–Trinajstić information content (AvgIpc) is 3.23. The number of benzene rings is 2. The van der Waals surface area contributed by atoms with E-state index in [0.717, 1.165) is 19.6 Å². The largest absolute Gasteiger partial charge is 0.465 e. The Balaban J connectivity index is 1.42. The zero-order chi connectivity index (χ0) is 24.2. The van der Waals surface area contributed by atoms with Gasteiger partial charge in [0.05, 0.1) is 13.7 Å². The van der Waals surface area contributed by atoms with E-state index >= 15 is 0 Å². The van der Waals surface area contributed by atoms with E-state index in [1.54, 1.807) is 17.5 Å². The van der Waals surface area contributed by atoms with Gasteiger partial charge in [-0.1, -0.05) is 29.8 Å². The van der Waals surface area contributed by atoms with Crippen LogP contribution in [-0.4, -0.2) is 56.1 Å². The molecule has 6 nitrogen and oxygen atoms in total. The molecule has 1 saturated heterocycles. The van der Waals surface area contributed by atoms with Gasteiger partial charge in [-0.3, -0.25) is 9.69 Å². The van der Waals surface area contributed by atoms with Gasteiger partial charge in [0.25, 0.3) is 0 Å². The molecular formula is C26H28FN3O3S. The van der Waals surface area contributed by atoms with Crippen molar-refractivity contribution in [1.29, 1.82) is 0 Å². The average molecular weight is 482 g/mol. The van der Waals surface area contributed by atoms with Crippen LogP contribution in [0.5, 0.6) is 0 Å². The van der Waals surface area contributed by atoms with Crippen molar-refractivity contribution in [1.82, 2.24) is 4.90 Å². The Morgan fingerprint density at radius 3 is 2.47 bits per heavy atom. The maximum atomic E-state index is 13.3. The van der Waals surface area contributed by atoms with Crippen LogP contribution in [0, 0.1) is 12.7 Å². The predicted octanol–water partition coefficient (Wildman–Crippen LogP) is 4.80. The van der Waals surface area contributed by atoms with Crippen molar-refractivity contribution in [2.45, 2.75) is 19.9 Å². The van der Waals surface area contributed by atoms with Gasteiger partial charge in [0.2, 0.25) is 5.91 Å². The fourth-order valence-electron chi connectivity index (χ4n) is 4.26. The Hall–Kier alpha value is -3.23. The number of aryl methyl sites for hydroxylation is 1. The van der Waals surface area contributed by atoms with Crippen molar-refractivity contribution in [3.8, 4) is 11.1 Å². The minimum atomic E-state index is -0.545. The van der Waals surface area contributed by atoms with Crippen LogP contribution >= 0.6 is 11.3 Å². The van der Waals surface area contributed by atoms with Crippen molar-refractivity contribution in [3.05, 3.63) is 70.9 Å². The van der Waals surface area contributed by atoms with Gasteiger partial charge in [0.1, 0.15) is 16.4 Å². The molecule has 4 rings (SSSR count). The number of thiophene rings is 1. The van der Waals surface area contributed by atoms with Crippen LogP contribution in [0.4, 0.5) is 15.1 Å². The molecule has 1 N–H and O–H groups in total. The molecule has 1 aromatic heterocycles. The summed E-state index contributed by atoms with van der Waals surface area (Å²) < 4.78 is 18.3. The quantitative estimate of drug-likeness (QED) is 0.513. The molecule has 0 spiro atoms. The smallest absolute Gasteiger partial charge is 0.341 e. The van der Waals surface area contributed by atoms with Crippen LogP contribution in [0.2, 0.25) is 0 Å². The summed E-state index contributed by atoms with van der Waals surface area (Å²) in [5.41, 5.74) is 3.99. The Bertz CT molecular complexity index is 1160. The molecule has 8 heteroatoms. The molecule has 0 saturated carbocycles. The van der Waals surface area contributed by atoms with E-state index in [-0.39, 0.29) is 29.9 Å². The van der Waals surface area contributed by atoms with Crippen LogP contribution < -0.4 is 10.2 Å². The van der Waals surface area contributed by atoms with E-state index in [1.807, 2.05) is 0 Å². The Morgan fingerprint density at radius 1 is 1.12 bits per heavy atom. The maximum Gasteiger partial charge on any atom is 0.341 e. The fourth-order valence-corrected chi connectivity index (χ4v) is 5.24. The number of nitrogens with zero attached hydrogens (tertiary/aromatic N) is 2. The fraction of sp³-hybridized carbons (Fsp3) is 0.308. The number of esters is 1. The van der Waals surface area contributed by atoms with Crippen molar-refractivity contribution in [2.24, 2.45) is 0 Å². The highest BCUT2D eigenvalue weighted by Crippen LogP contribution is 2.36. The second-order valence-electron chi connectivity index (χ2n) is 8.51. The molecule has 0 bridgehead atoms. The second kappa shape index (κ2) is 10.4. The number of rotatable bonds is 6. The molecule has 1 unspecified atom stereocenters. The molecule has 2 aromatic carbocycles. The summed E-state index contributed by atoms with van der Waals surface area (Å²) in [7, 11) is 1.30. The molecule has 0 radical (unpaired) electrons. The summed E-state index contributed by atoms with van der Waals surface area (Å²) in [5.74, 6) is -1.09. The van der Waals surface area contributed by atoms with E-state index in [2.05, 4.69) is 53.2 Å². The highest BCUT2D eigenvalue weighted by molar-refractivity contribution is 7.15. The van der Waals surface area contributed by atoms with E-state index in [0.29, 0.717) is 16.1 Å². The van der Waals surface area contributed by atoms with Crippen molar-refractivity contribution >= 4 is 33.9 Å². The number of amides is 1. The summed E-state index contributed by atoms with van der Waals surface area (Å²) in [6.45, 7) is 6.82. The van der Waals surface area contributed by atoms with Gasteiger partial charge in [0.15, 0.2) is 0 Å². The van der Waals surface area contributed by atoms with Crippen molar-refractivity contribution in [3.63, 3.8) is 0 Å². The lowest BCUT2D eigenvalue weighted by molar-refractivity contribution is -0.117. The highest BCUT2D eigenvalue weighted by atomic mass is 32.1. The van der Waals surface area contributed by atoms with Gasteiger partial charge >= 0.3 is 5.97 Å². The number of methoxy groups -OCH3 is 1. The molecule has 1 amide bonds. The molecule has 2 heterocycles. The van der Waals surface area contributed by atoms with E-state index in [1.165, 1.54) is 41.8 Å². The number of nitrogens with one attached hydrogen (secondary N) is 1. The number of carbonyl (C=O) groups is 2. The van der Waals surface area contributed by atoms with Crippen LogP contribution in [0.3, 0.4) is 0 Å². The summed E-state index contributed by atoms with van der Waals surface area (Å²) in [5, 5.41) is 5.10. The first kappa shape index (κ1) is 23.9. The zero-order valence-corrected chi connectivity index (χ0v) is 20.3. The van der Waals surface area contributed by atoms with E-state index in [4.69, 9.17) is 4.74 Å². The lowest BCUT2D eigenvalue weighted by atomic mass is 10.0. The van der Waals surface area contributed by atoms with Crippen molar-refractivity contribution in [2.75, 3.05) is 43.5 Å². The highest BCUT2D eigenvalue weighted by Gasteiger charge is 2.27. The standard InChI is InChI=1S/C26H28FN3O3S/c1-17-4-10-21(11-5-17)30-13-12-29(14-18(30)2)15-23(31)28-25-24(26(32)33-3)22(16-34-25)19-6-8-20(27)9-7-19/h4-11,16,18H,12-15H2,1-3H3,(H,28,31). The monoisotopic (exact) mass is 481 g/mol. The third-order valence-electron chi connectivity index (χ3n) is 6.03. The van der Waals surface area contributed by atoms with E-state index < -0.39 is 5.97 Å². The number of hydrogen-bond acceptors (Lipinski definition) is 6. The number of ether oxygens (including phenoxy) is 1. The Kier molecular flexibility index (Phi) is 7.29. The summed E-state index contributed by atoms with van der Waals surface area (Å²) >= 11 is 1.26. The molecule has 178 valence electrons. The summed E-state index contributed by atoms with van der Waals surface area (Å²) in [6.07, 6.45) is 0. The lowest BCUT2D eigenvalue weighted by Gasteiger charge is -2.41. The Labute approximate surface area is 203 Å². The summed E-state index contributed by atoms with van der Waals surface area (Å²) in [4.78, 5) is 29.9. The third-order valence-corrected chi connectivity index (χ3v) is 6.93. The molecule has 1 fully saturated rings. The van der Waals surface area contributed by atoms with Gasteiger partial charge in [-0.05, 0) is 43.7 Å². The lowest BCUT2D eigenvalue weighted by Crippen LogP contribution is -2.53. The molecule has 1 aliphatic heterocycles. The van der Waals surface area contributed by atoms with Crippen LogP contribution in [0.25, 0.3) is 11.1 Å². The third kappa shape index (κ3) is 5.29. The number of anilines is 2. The number of piperazine rings is 1. The normalized spacial score (nSPS) is 16.4. The van der Waals surface area contributed by atoms with Crippen LogP contribution in [-0.2, 0) is 9.53 Å². The molecule has 1 atom stereocenters. The SMILES string of the molecule is COC(=O)c1c(-c2ccc(F)cc2)csc1NC(=O)CN1CCN(c2ccc(C)cc2)C(C)C1. The van der Waals surface area contributed by atoms with Crippen LogP contribution in [0.15, 0.2) is 53.9 Å². The van der Waals surface area contributed by atoms with Crippen molar-refractivity contribution < 1.29 is 18.7 Å². The molecule has 34 heavy (non-hydrogen) atoms. The molecule has 0 aliphatic carbocycles. The first-order valence-electron chi connectivity index (χ1n) is 11.2. The van der Waals surface area contributed by atoms with E-state index in [9.17, 15) is 14.0 Å². The zero-order valence-electron chi connectivity index (χ0n) is 19.5. The topological polar surface area (TPSA) is 61.9 Å². The second-order valence-corrected chi connectivity index (χ2v) is 9.39. The summed E-state index contributed by atoms with van der Waals surface area (Å²) in [6, 6.07) is 14.6. The first-order chi connectivity index (χ1) is 16.4. The minimum Gasteiger partial charge on any atom is -0.465 e. The molecule has 3 aromatic rings. The van der Waals surface area contributed by atoms with Gasteiger partial charge in [0, 0.05) is 42.3 Å². The molecule has 1 aliphatic rings. The van der Waals surface area contributed by atoms with Gasteiger partial charge in [-0.15, -0.1) is 11.3 Å². The predicted molar refractivity (Wildman–Crippen MR) is 134 cm³/mol. The number of hydrogen-bond donors (Lipinski definition) is 1. The van der Waals surface area contributed by atoms with Crippen LogP contribution in [0.1, 0.15) is 22.8 Å². The first-order valence-corrected chi connectivity index (χ1v) is 12.0. The number of halogens is 1. The van der Waals surface area contributed by atoms with Gasteiger partial charge in [-0.25, -0.2) is 9.18 Å². The maximum absolute atomic E-state index is 13.3. The van der Waals surface area contributed by atoms with Gasteiger partial charge in [-0.2, -0.15) is 0 Å². The van der Waals surface area contributed by atoms with Gasteiger partial charge < -0.3 is 15.0 Å². The molecular weight excluding hydrogens is 453 g/mol.